The minimum absolute atomic E-state index is 0.0529. The smallest absolute Gasteiger partial charge is 0.306 e. The van der Waals surface area contributed by atoms with Gasteiger partial charge in [0.15, 0.2) is 0 Å². The van der Waals surface area contributed by atoms with Crippen molar-refractivity contribution in [3.8, 4) is 0 Å². The van der Waals surface area contributed by atoms with Crippen LogP contribution in [0.25, 0.3) is 0 Å². The first-order valence-corrected chi connectivity index (χ1v) is 7.84. The first-order valence-electron chi connectivity index (χ1n) is 6.23. The molecule has 0 bridgehead atoms. The van der Waals surface area contributed by atoms with E-state index < -0.39 is 18.0 Å². The van der Waals surface area contributed by atoms with Crippen LogP contribution in [0.1, 0.15) is 31.1 Å². The van der Waals surface area contributed by atoms with E-state index >= 15 is 0 Å². The standard InChI is InChI=1S/C13H18BrNO4S/c1-13(19,7-12(17)18)8-15-11(16)4-2-3-9-5-6-10(14)20-9/h5-6,19H,2-4,7-8H2,1H3,(H,15,16)(H,17,18). The number of carbonyl (C=O) groups excluding carboxylic acids is 1. The molecule has 5 nitrogen and oxygen atoms in total. The second-order valence-corrected chi connectivity index (χ2v) is 7.45. The lowest BCUT2D eigenvalue weighted by Gasteiger charge is -2.21. The zero-order chi connectivity index (χ0) is 15.2. The molecule has 1 heterocycles. The van der Waals surface area contributed by atoms with Gasteiger partial charge in [0, 0.05) is 17.8 Å². The number of aryl methyl sites for hydroxylation is 1. The number of amides is 1. The van der Waals surface area contributed by atoms with Gasteiger partial charge in [-0.05, 0) is 47.8 Å². The highest BCUT2D eigenvalue weighted by molar-refractivity contribution is 9.11. The van der Waals surface area contributed by atoms with Crippen LogP contribution in [0.4, 0.5) is 0 Å². The van der Waals surface area contributed by atoms with Gasteiger partial charge in [0.05, 0.1) is 15.8 Å². The van der Waals surface area contributed by atoms with E-state index in [1.807, 2.05) is 12.1 Å². The summed E-state index contributed by atoms with van der Waals surface area (Å²) in [5.41, 5.74) is -1.42. The summed E-state index contributed by atoms with van der Waals surface area (Å²) in [6.07, 6.45) is 1.52. The van der Waals surface area contributed by atoms with Gasteiger partial charge >= 0.3 is 5.97 Å². The Kier molecular flexibility index (Phi) is 6.64. The fourth-order valence-corrected chi connectivity index (χ4v) is 3.20. The van der Waals surface area contributed by atoms with Crippen molar-refractivity contribution in [1.29, 1.82) is 0 Å². The molecule has 1 rings (SSSR count). The Morgan fingerprint density at radius 1 is 1.45 bits per heavy atom. The molecule has 1 aromatic rings. The SMILES string of the molecule is CC(O)(CNC(=O)CCCc1ccc(Br)s1)CC(=O)O. The molecule has 0 aliphatic carbocycles. The Morgan fingerprint density at radius 2 is 2.15 bits per heavy atom. The van der Waals surface area contributed by atoms with Crippen molar-refractivity contribution in [1.82, 2.24) is 5.32 Å². The summed E-state index contributed by atoms with van der Waals surface area (Å²) in [6, 6.07) is 3.99. The minimum atomic E-state index is -1.42. The normalized spacial score (nSPS) is 13.8. The number of aliphatic carboxylic acids is 1. The third-order valence-electron chi connectivity index (χ3n) is 2.65. The van der Waals surface area contributed by atoms with Crippen LogP contribution in [0.15, 0.2) is 15.9 Å². The summed E-state index contributed by atoms with van der Waals surface area (Å²) < 4.78 is 1.07. The van der Waals surface area contributed by atoms with E-state index in [1.165, 1.54) is 11.8 Å². The number of carboxylic acids is 1. The maximum Gasteiger partial charge on any atom is 0.306 e. The first kappa shape index (κ1) is 17.1. The van der Waals surface area contributed by atoms with Crippen LogP contribution in [0.5, 0.6) is 0 Å². The summed E-state index contributed by atoms with van der Waals surface area (Å²) in [4.78, 5) is 23.3. The maximum absolute atomic E-state index is 11.6. The van der Waals surface area contributed by atoms with Crippen LogP contribution in [-0.2, 0) is 16.0 Å². The zero-order valence-corrected chi connectivity index (χ0v) is 13.6. The van der Waals surface area contributed by atoms with Crippen molar-refractivity contribution in [3.05, 3.63) is 20.8 Å². The van der Waals surface area contributed by atoms with Gasteiger partial charge in [0.25, 0.3) is 0 Å². The molecule has 0 aliphatic heterocycles. The summed E-state index contributed by atoms with van der Waals surface area (Å²) in [5.74, 6) is -1.26. The van der Waals surface area contributed by atoms with Crippen molar-refractivity contribution in [2.24, 2.45) is 0 Å². The molecule has 0 fully saturated rings. The fourth-order valence-electron chi connectivity index (χ4n) is 1.67. The number of rotatable bonds is 8. The van der Waals surface area contributed by atoms with E-state index in [-0.39, 0.29) is 12.5 Å². The summed E-state index contributed by atoms with van der Waals surface area (Å²) in [7, 11) is 0. The van der Waals surface area contributed by atoms with Gasteiger partial charge in [-0.1, -0.05) is 0 Å². The maximum atomic E-state index is 11.6. The molecule has 0 saturated carbocycles. The number of aliphatic hydroxyl groups is 1. The molecule has 0 radical (unpaired) electrons. The van der Waals surface area contributed by atoms with E-state index in [2.05, 4.69) is 21.2 Å². The average molecular weight is 364 g/mol. The highest BCUT2D eigenvalue weighted by Crippen LogP contribution is 2.23. The Hall–Kier alpha value is -0.920. The van der Waals surface area contributed by atoms with Crippen molar-refractivity contribution in [2.45, 2.75) is 38.2 Å². The van der Waals surface area contributed by atoms with Crippen LogP contribution < -0.4 is 5.32 Å². The number of hydrogen-bond donors (Lipinski definition) is 3. The van der Waals surface area contributed by atoms with Crippen molar-refractivity contribution in [3.63, 3.8) is 0 Å². The molecule has 20 heavy (non-hydrogen) atoms. The number of carbonyl (C=O) groups is 2. The van der Waals surface area contributed by atoms with Crippen LogP contribution in [-0.4, -0.2) is 34.2 Å². The summed E-state index contributed by atoms with van der Waals surface area (Å²) >= 11 is 5.03. The van der Waals surface area contributed by atoms with Gasteiger partial charge in [-0.25, -0.2) is 0 Å². The second kappa shape index (κ2) is 7.75. The monoisotopic (exact) mass is 363 g/mol. The van der Waals surface area contributed by atoms with Gasteiger partial charge in [-0.3, -0.25) is 9.59 Å². The molecule has 0 aliphatic rings. The second-order valence-electron chi connectivity index (χ2n) is 4.90. The zero-order valence-electron chi connectivity index (χ0n) is 11.2. The third kappa shape index (κ3) is 7.02. The average Bonchev–Trinajstić information content (AvgIpc) is 2.71. The van der Waals surface area contributed by atoms with E-state index in [4.69, 9.17) is 5.11 Å². The molecular formula is C13H18BrNO4S. The topological polar surface area (TPSA) is 86.6 Å². The predicted molar refractivity (Wildman–Crippen MR) is 80.8 cm³/mol. The Balaban J connectivity index is 2.22. The van der Waals surface area contributed by atoms with E-state index in [1.54, 1.807) is 11.3 Å². The molecule has 1 atom stereocenters. The Bertz CT molecular complexity index is 473. The van der Waals surface area contributed by atoms with Crippen LogP contribution in [0.3, 0.4) is 0 Å². The number of hydrogen-bond acceptors (Lipinski definition) is 4. The lowest BCUT2D eigenvalue weighted by atomic mass is 10.0. The molecule has 1 aromatic heterocycles. The van der Waals surface area contributed by atoms with E-state index in [0.717, 1.165) is 16.6 Å². The Labute approximate surface area is 130 Å². The molecular weight excluding hydrogens is 346 g/mol. The summed E-state index contributed by atoms with van der Waals surface area (Å²) in [6.45, 7) is 1.34. The molecule has 1 unspecified atom stereocenters. The molecule has 0 aromatic carbocycles. The number of halogens is 1. The highest BCUT2D eigenvalue weighted by Gasteiger charge is 2.24. The molecule has 112 valence electrons. The van der Waals surface area contributed by atoms with Gasteiger partial charge in [0.2, 0.25) is 5.91 Å². The van der Waals surface area contributed by atoms with Crippen molar-refractivity contribution in [2.75, 3.05) is 6.54 Å². The van der Waals surface area contributed by atoms with Crippen molar-refractivity contribution >= 4 is 39.1 Å². The fraction of sp³-hybridized carbons (Fsp3) is 0.538. The number of thiophene rings is 1. The lowest BCUT2D eigenvalue weighted by Crippen LogP contribution is -2.42. The highest BCUT2D eigenvalue weighted by atomic mass is 79.9. The molecule has 3 N–H and O–H groups in total. The number of nitrogens with one attached hydrogen (secondary N) is 1. The van der Waals surface area contributed by atoms with Crippen LogP contribution in [0, 0.1) is 0 Å². The quantitative estimate of drug-likeness (QED) is 0.660. The molecule has 0 spiro atoms. The van der Waals surface area contributed by atoms with Gasteiger partial charge in [-0.15, -0.1) is 11.3 Å². The molecule has 1 amide bonds. The summed E-state index contributed by atoms with van der Waals surface area (Å²) in [5, 5.41) is 20.9. The molecule has 7 heteroatoms. The van der Waals surface area contributed by atoms with Gasteiger partial charge in [0.1, 0.15) is 0 Å². The van der Waals surface area contributed by atoms with Gasteiger partial charge in [-0.2, -0.15) is 0 Å². The Morgan fingerprint density at radius 3 is 2.70 bits per heavy atom. The first-order chi connectivity index (χ1) is 9.28. The predicted octanol–water partition coefficient (Wildman–Crippen LogP) is 2.18. The largest absolute Gasteiger partial charge is 0.481 e. The van der Waals surface area contributed by atoms with Gasteiger partial charge < -0.3 is 15.5 Å². The third-order valence-corrected chi connectivity index (χ3v) is 4.34. The van der Waals surface area contributed by atoms with Crippen LogP contribution in [0.2, 0.25) is 0 Å². The van der Waals surface area contributed by atoms with Crippen molar-refractivity contribution < 1.29 is 19.8 Å². The van der Waals surface area contributed by atoms with Crippen LogP contribution >= 0.6 is 27.3 Å². The lowest BCUT2D eigenvalue weighted by molar-refractivity contribution is -0.142. The number of carboxylic acid groups (broad SMARTS) is 1. The minimum Gasteiger partial charge on any atom is -0.481 e. The van der Waals surface area contributed by atoms with E-state index in [0.29, 0.717) is 6.42 Å². The van der Waals surface area contributed by atoms with E-state index in [9.17, 15) is 14.7 Å². The molecule has 0 saturated heterocycles.